The Morgan fingerprint density at radius 3 is 1.63 bits per heavy atom. The number of quaternary nitrogens is 1. The monoisotopic (exact) mass is 355 g/mol. The lowest BCUT2D eigenvalue weighted by atomic mass is 10.1. The van der Waals surface area contributed by atoms with Crippen LogP contribution < -0.4 is 17.0 Å². The maximum atomic E-state index is 5.86. The summed E-state index contributed by atoms with van der Waals surface area (Å²) >= 11 is 5.86. The van der Waals surface area contributed by atoms with Crippen LogP contribution in [0.1, 0.15) is 71.6 Å². The van der Waals surface area contributed by atoms with Crippen molar-refractivity contribution in [1.29, 1.82) is 0 Å². The van der Waals surface area contributed by atoms with E-state index in [0.29, 0.717) is 0 Å². The van der Waals surface area contributed by atoms with E-state index in [1.165, 1.54) is 81.9 Å². The van der Waals surface area contributed by atoms with Gasteiger partial charge in [0.1, 0.15) is 0 Å². The van der Waals surface area contributed by atoms with Gasteiger partial charge in [0.25, 0.3) is 0 Å². The van der Waals surface area contributed by atoms with E-state index in [1.807, 2.05) is 0 Å². The Balaban J connectivity index is 0. The molecule has 0 saturated carbocycles. The molecule has 0 rings (SSSR count). The van der Waals surface area contributed by atoms with Gasteiger partial charge in [0.15, 0.2) is 0 Å². The largest absolute Gasteiger partial charge is 1.00 e. The predicted octanol–water partition coefficient (Wildman–Crippen LogP) is 2.23. The Bertz CT molecular complexity index is 178. The molecule has 1 atom stereocenters. The molecule has 0 aliphatic rings. The fourth-order valence-electron chi connectivity index (χ4n) is 2.62. The standard InChI is InChI=1S/C16H35ClN.BrH/c1-4-6-8-9-11-15-18(3,16-12-13-17)14-10-7-5-2;/h4-16H2,1-3H3;1H/q+1;/p-1. The number of hydrogen-bond donors (Lipinski definition) is 0. The van der Waals surface area contributed by atoms with Gasteiger partial charge in [-0.3, -0.25) is 0 Å². The fraction of sp³-hybridized carbons (Fsp3) is 1.00. The molecule has 0 aromatic heterocycles. The van der Waals surface area contributed by atoms with Crippen molar-refractivity contribution in [1.82, 2.24) is 0 Å². The number of nitrogens with zero attached hydrogens (tertiary/aromatic N) is 1. The summed E-state index contributed by atoms with van der Waals surface area (Å²) in [5.74, 6) is 0.817. The quantitative estimate of drug-likeness (QED) is 0.270. The molecule has 0 spiro atoms. The molecule has 19 heavy (non-hydrogen) atoms. The Morgan fingerprint density at radius 2 is 1.11 bits per heavy atom. The molecule has 0 aliphatic heterocycles. The molecule has 3 heteroatoms. The number of hydrogen-bond acceptors (Lipinski definition) is 0. The van der Waals surface area contributed by atoms with Gasteiger partial charge in [0, 0.05) is 12.3 Å². The third kappa shape index (κ3) is 13.5. The van der Waals surface area contributed by atoms with Crippen LogP contribution in [0.5, 0.6) is 0 Å². The van der Waals surface area contributed by atoms with E-state index >= 15 is 0 Å². The summed E-state index contributed by atoms with van der Waals surface area (Å²) in [4.78, 5) is 0. The van der Waals surface area contributed by atoms with Gasteiger partial charge in [-0.2, -0.15) is 0 Å². The summed E-state index contributed by atoms with van der Waals surface area (Å²) in [6, 6.07) is 0. The van der Waals surface area contributed by atoms with E-state index < -0.39 is 0 Å². The summed E-state index contributed by atoms with van der Waals surface area (Å²) in [6.45, 7) is 8.53. The maximum Gasteiger partial charge on any atom is 0.0796 e. The third-order valence-corrected chi connectivity index (χ3v) is 4.20. The molecular weight excluding hydrogens is 322 g/mol. The van der Waals surface area contributed by atoms with Crippen LogP contribution in [0, 0.1) is 0 Å². The molecule has 0 radical (unpaired) electrons. The van der Waals surface area contributed by atoms with Gasteiger partial charge in [0.2, 0.25) is 0 Å². The fourth-order valence-corrected chi connectivity index (χ4v) is 2.74. The first-order valence-electron chi connectivity index (χ1n) is 8.08. The van der Waals surface area contributed by atoms with Crippen molar-refractivity contribution >= 4 is 11.6 Å². The summed E-state index contributed by atoms with van der Waals surface area (Å²) in [7, 11) is 2.43. The molecule has 0 aromatic carbocycles. The molecule has 0 fully saturated rings. The van der Waals surface area contributed by atoms with E-state index in [9.17, 15) is 0 Å². The Morgan fingerprint density at radius 1 is 0.684 bits per heavy atom. The van der Waals surface area contributed by atoms with Crippen molar-refractivity contribution in [2.75, 3.05) is 32.6 Å². The van der Waals surface area contributed by atoms with Gasteiger partial charge in [-0.15, -0.1) is 11.6 Å². The molecule has 0 bridgehead atoms. The van der Waals surface area contributed by atoms with Gasteiger partial charge in [-0.05, 0) is 25.7 Å². The average Bonchev–Trinajstić information content (AvgIpc) is 2.37. The van der Waals surface area contributed by atoms with Crippen molar-refractivity contribution in [3.05, 3.63) is 0 Å². The van der Waals surface area contributed by atoms with Crippen molar-refractivity contribution < 1.29 is 21.5 Å². The lowest BCUT2D eigenvalue weighted by Crippen LogP contribution is -3.00. The SMILES string of the molecule is CCCCCCC[N+](C)(CCCCl)CCCCC.[Br-]. The van der Waals surface area contributed by atoms with Crippen molar-refractivity contribution in [2.45, 2.75) is 71.6 Å². The van der Waals surface area contributed by atoms with Crippen LogP contribution in [0.4, 0.5) is 0 Å². The highest BCUT2D eigenvalue weighted by Gasteiger charge is 2.19. The molecule has 0 amide bonds. The molecule has 1 nitrogen and oxygen atoms in total. The molecular formula is C16H35BrClN. The summed E-state index contributed by atoms with van der Waals surface area (Å²) < 4.78 is 1.25. The van der Waals surface area contributed by atoms with Crippen molar-refractivity contribution in [2.24, 2.45) is 0 Å². The zero-order valence-corrected chi connectivity index (χ0v) is 15.7. The topological polar surface area (TPSA) is 0 Å². The van der Waals surface area contributed by atoms with Gasteiger partial charge in [-0.25, -0.2) is 0 Å². The Kier molecular flexibility index (Phi) is 17.5. The number of rotatable bonds is 13. The van der Waals surface area contributed by atoms with Gasteiger partial charge >= 0.3 is 0 Å². The minimum Gasteiger partial charge on any atom is -1.00 e. The first kappa shape index (κ1) is 22.0. The van der Waals surface area contributed by atoms with Crippen LogP contribution in [0.25, 0.3) is 0 Å². The molecule has 1 unspecified atom stereocenters. The Hall–Kier alpha value is 0.730. The molecule has 0 N–H and O–H groups in total. The van der Waals surface area contributed by atoms with Crippen LogP contribution >= 0.6 is 11.6 Å². The number of alkyl halides is 1. The number of halogens is 2. The van der Waals surface area contributed by atoms with Crippen molar-refractivity contribution in [3.8, 4) is 0 Å². The average molecular weight is 357 g/mol. The summed E-state index contributed by atoms with van der Waals surface area (Å²) in [6.07, 6.45) is 12.2. The third-order valence-electron chi connectivity index (χ3n) is 3.93. The lowest BCUT2D eigenvalue weighted by Gasteiger charge is -2.35. The van der Waals surface area contributed by atoms with Crippen LogP contribution in [0.3, 0.4) is 0 Å². The molecule has 0 aliphatic carbocycles. The first-order valence-corrected chi connectivity index (χ1v) is 8.61. The second-order valence-corrected chi connectivity index (χ2v) is 6.33. The summed E-state index contributed by atoms with van der Waals surface area (Å²) in [5.41, 5.74) is 0. The normalized spacial score (nSPS) is 13.9. The predicted molar refractivity (Wildman–Crippen MR) is 84.4 cm³/mol. The molecule has 0 saturated heterocycles. The minimum atomic E-state index is 0. The van der Waals surface area contributed by atoms with E-state index in [0.717, 1.165) is 5.88 Å². The van der Waals surface area contributed by atoms with Gasteiger partial charge < -0.3 is 21.5 Å². The van der Waals surface area contributed by atoms with E-state index in [1.54, 1.807) is 0 Å². The summed E-state index contributed by atoms with van der Waals surface area (Å²) in [5, 5.41) is 0. The first-order chi connectivity index (χ1) is 8.68. The highest BCUT2D eigenvalue weighted by Crippen LogP contribution is 2.13. The van der Waals surface area contributed by atoms with Gasteiger partial charge in [-0.1, -0.05) is 39.5 Å². The highest BCUT2D eigenvalue weighted by molar-refractivity contribution is 6.17. The van der Waals surface area contributed by atoms with E-state index in [-0.39, 0.29) is 17.0 Å². The zero-order chi connectivity index (χ0) is 13.7. The maximum absolute atomic E-state index is 5.86. The smallest absolute Gasteiger partial charge is 0.0796 e. The highest BCUT2D eigenvalue weighted by atomic mass is 79.9. The van der Waals surface area contributed by atoms with Crippen LogP contribution in [-0.2, 0) is 0 Å². The molecule has 0 aromatic rings. The van der Waals surface area contributed by atoms with Crippen LogP contribution in [-0.4, -0.2) is 37.0 Å². The Labute approximate surface area is 137 Å². The van der Waals surface area contributed by atoms with Crippen LogP contribution in [0.2, 0.25) is 0 Å². The number of unbranched alkanes of at least 4 members (excludes halogenated alkanes) is 6. The van der Waals surface area contributed by atoms with Crippen molar-refractivity contribution in [3.63, 3.8) is 0 Å². The molecule has 0 heterocycles. The minimum absolute atomic E-state index is 0. The second-order valence-electron chi connectivity index (χ2n) is 5.95. The lowest BCUT2D eigenvalue weighted by molar-refractivity contribution is -0.910. The molecule has 118 valence electrons. The van der Waals surface area contributed by atoms with E-state index in [4.69, 9.17) is 11.6 Å². The van der Waals surface area contributed by atoms with E-state index in [2.05, 4.69) is 20.9 Å². The van der Waals surface area contributed by atoms with Gasteiger partial charge in [0.05, 0.1) is 26.7 Å². The zero-order valence-electron chi connectivity index (χ0n) is 13.4. The van der Waals surface area contributed by atoms with Crippen LogP contribution in [0.15, 0.2) is 0 Å². The second kappa shape index (κ2) is 15.1.